The van der Waals surface area contributed by atoms with E-state index in [9.17, 15) is 0 Å². The highest BCUT2D eigenvalue weighted by atomic mass is 15.1. The predicted molar refractivity (Wildman–Crippen MR) is 128 cm³/mol. The van der Waals surface area contributed by atoms with Crippen molar-refractivity contribution < 1.29 is 0 Å². The van der Waals surface area contributed by atoms with Crippen molar-refractivity contribution in [3.05, 3.63) is 108 Å². The molecule has 0 aliphatic carbocycles. The summed E-state index contributed by atoms with van der Waals surface area (Å²) < 4.78 is 0. The van der Waals surface area contributed by atoms with Gasteiger partial charge >= 0.3 is 0 Å². The third-order valence-corrected chi connectivity index (χ3v) is 5.95. The minimum Gasteiger partial charge on any atom is -0.312 e. The predicted octanol–water partition coefficient (Wildman–Crippen LogP) is 5.94. The average molecular weight is 401 g/mol. The Kier molecular flexibility index (Phi) is 9.14. The molecule has 3 aromatic carbocycles. The van der Waals surface area contributed by atoms with Gasteiger partial charge in [-0.25, -0.2) is 0 Å². The van der Waals surface area contributed by atoms with E-state index < -0.39 is 0 Å². The third-order valence-electron chi connectivity index (χ3n) is 5.95. The first kappa shape index (κ1) is 22.3. The number of nitrogens with one attached hydrogen (secondary N) is 1. The van der Waals surface area contributed by atoms with Gasteiger partial charge in [0, 0.05) is 25.7 Å². The van der Waals surface area contributed by atoms with Crippen LogP contribution in [0.4, 0.5) is 0 Å². The molecular formula is C28H36N2. The van der Waals surface area contributed by atoms with Crippen molar-refractivity contribution in [2.75, 3.05) is 13.1 Å². The number of nitrogens with zero attached hydrogens (tertiary/aromatic N) is 1. The molecule has 2 nitrogen and oxygen atoms in total. The zero-order valence-corrected chi connectivity index (χ0v) is 18.5. The molecule has 0 spiro atoms. The molecule has 1 N–H and O–H groups in total. The Bertz CT molecular complexity index is 776. The smallest absolute Gasteiger partial charge is 0.0237 e. The lowest BCUT2D eigenvalue weighted by Crippen LogP contribution is -2.45. The SMILES string of the molecule is CCC(C)[C@H](CN(Cc1ccccc1)Cc1ccccc1)NCCc1ccccc1. The molecule has 3 rings (SSSR count). The van der Waals surface area contributed by atoms with Crippen molar-refractivity contribution >= 4 is 0 Å². The Hall–Kier alpha value is -2.42. The van der Waals surface area contributed by atoms with E-state index in [0.717, 1.165) is 32.6 Å². The summed E-state index contributed by atoms with van der Waals surface area (Å²) >= 11 is 0. The third kappa shape index (κ3) is 7.44. The summed E-state index contributed by atoms with van der Waals surface area (Å²) in [6.07, 6.45) is 2.26. The van der Waals surface area contributed by atoms with Crippen LogP contribution in [0.1, 0.15) is 37.0 Å². The second-order valence-corrected chi connectivity index (χ2v) is 8.32. The molecule has 0 heterocycles. The molecule has 0 aliphatic rings. The van der Waals surface area contributed by atoms with Crippen molar-refractivity contribution in [1.29, 1.82) is 0 Å². The minimum absolute atomic E-state index is 0.478. The minimum atomic E-state index is 0.478. The van der Waals surface area contributed by atoms with E-state index >= 15 is 0 Å². The van der Waals surface area contributed by atoms with Crippen LogP contribution in [0.2, 0.25) is 0 Å². The second kappa shape index (κ2) is 12.3. The summed E-state index contributed by atoms with van der Waals surface area (Å²) in [7, 11) is 0. The van der Waals surface area contributed by atoms with E-state index in [-0.39, 0.29) is 0 Å². The quantitative estimate of drug-likeness (QED) is 0.405. The molecule has 0 aliphatic heterocycles. The van der Waals surface area contributed by atoms with Crippen molar-refractivity contribution in [3.63, 3.8) is 0 Å². The molecule has 2 heteroatoms. The van der Waals surface area contributed by atoms with Crippen LogP contribution in [-0.2, 0) is 19.5 Å². The lowest BCUT2D eigenvalue weighted by Gasteiger charge is -2.32. The van der Waals surface area contributed by atoms with Gasteiger partial charge in [0.25, 0.3) is 0 Å². The summed E-state index contributed by atoms with van der Waals surface area (Å²) in [4.78, 5) is 2.59. The molecule has 0 bridgehead atoms. The Morgan fingerprint density at radius 1 is 0.700 bits per heavy atom. The van der Waals surface area contributed by atoms with Crippen molar-refractivity contribution in [2.45, 2.75) is 45.8 Å². The van der Waals surface area contributed by atoms with Crippen LogP contribution >= 0.6 is 0 Å². The van der Waals surface area contributed by atoms with Gasteiger partial charge in [-0.05, 0) is 35.6 Å². The first-order valence-electron chi connectivity index (χ1n) is 11.3. The fourth-order valence-electron chi connectivity index (χ4n) is 3.92. The van der Waals surface area contributed by atoms with Crippen LogP contribution < -0.4 is 5.32 Å². The van der Waals surface area contributed by atoms with E-state index in [2.05, 4.69) is 115 Å². The average Bonchev–Trinajstić information content (AvgIpc) is 2.80. The summed E-state index contributed by atoms with van der Waals surface area (Å²) in [5.41, 5.74) is 4.15. The highest BCUT2D eigenvalue weighted by Crippen LogP contribution is 2.15. The number of rotatable bonds is 12. The summed E-state index contributed by atoms with van der Waals surface area (Å²) in [6.45, 7) is 8.70. The van der Waals surface area contributed by atoms with E-state index in [0.29, 0.717) is 12.0 Å². The fourth-order valence-corrected chi connectivity index (χ4v) is 3.92. The monoisotopic (exact) mass is 400 g/mol. The molecule has 0 saturated carbocycles. The van der Waals surface area contributed by atoms with Crippen molar-refractivity contribution in [3.8, 4) is 0 Å². The molecule has 0 amide bonds. The Morgan fingerprint density at radius 2 is 1.17 bits per heavy atom. The maximum atomic E-state index is 3.88. The summed E-state index contributed by atoms with van der Waals surface area (Å²) in [5.74, 6) is 0.634. The maximum absolute atomic E-state index is 3.88. The molecule has 158 valence electrons. The lowest BCUT2D eigenvalue weighted by atomic mass is 9.97. The maximum Gasteiger partial charge on any atom is 0.0237 e. The van der Waals surface area contributed by atoms with Gasteiger partial charge < -0.3 is 5.32 Å². The van der Waals surface area contributed by atoms with E-state index in [1.54, 1.807) is 0 Å². The highest BCUT2D eigenvalue weighted by Gasteiger charge is 2.19. The van der Waals surface area contributed by atoms with E-state index in [1.807, 2.05) is 0 Å². The van der Waals surface area contributed by atoms with Crippen molar-refractivity contribution in [2.24, 2.45) is 5.92 Å². The molecule has 0 saturated heterocycles. The standard InChI is InChI=1S/C28H36N2/c1-3-24(2)28(29-20-19-25-13-7-4-8-14-25)23-30(21-26-15-9-5-10-16-26)22-27-17-11-6-12-18-27/h4-18,24,28-29H,3,19-23H2,1-2H3/t24?,28-/m0/s1. The summed E-state index contributed by atoms with van der Waals surface area (Å²) in [6, 6.07) is 32.9. The zero-order chi connectivity index (χ0) is 21.0. The highest BCUT2D eigenvalue weighted by molar-refractivity contribution is 5.17. The van der Waals surface area contributed by atoms with Crippen LogP contribution in [0.3, 0.4) is 0 Å². The van der Waals surface area contributed by atoms with E-state index in [4.69, 9.17) is 0 Å². The molecule has 1 unspecified atom stereocenters. The van der Waals surface area contributed by atoms with Gasteiger partial charge in [-0.1, -0.05) is 111 Å². The van der Waals surface area contributed by atoms with Gasteiger partial charge in [0.15, 0.2) is 0 Å². The molecule has 30 heavy (non-hydrogen) atoms. The molecule has 0 fully saturated rings. The molecule has 0 aromatic heterocycles. The van der Waals surface area contributed by atoms with Gasteiger partial charge in [0.1, 0.15) is 0 Å². The van der Waals surface area contributed by atoms with Crippen LogP contribution in [-0.4, -0.2) is 24.0 Å². The molecule has 2 atom stereocenters. The summed E-state index contributed by atoms with van der Waals surface area (Å²) in [5, 5.41) is 3.88. The number of hydrogen-bond acceptors (Lipinski definition) is 2. The number of hydrogen-bond donors (Lipinski definition) is 1. The van der Waals surface area contributed by atoms with Gasteiger partial charge in [-0.15, -0.1) is 0 Å². The molecule has 3 aromatic rings. The second-order valence-electron chi connectivity index (χ2n) is 8.32. The van der Waals surface area contributed by atoms with Crippen LogP contribution in [0.5, 0.6) is 0 Å². The Morgan fingerprint density at radius 3 is 1.63 bits per heavy atom. The van der Waals surface area contributed by atoms with Gasteiger partial charge in [-0.3, -0.25) is 4.90 Å². The van der Waals surface area contributed by atoms with Crippen LogP contribution in [0.15, 0.2) is 91.0 Å². The largest absolute Gasteiger partial charge is 0.312 e. The van der Waals surface area contributed by atoms with E-state index in [1.165, 1.54) is 23.1 Å². The fraction of sp³-hybridized carbons (Fsp3) is 0.357. The topological polar surface area (TPSA) is 15.3 Å². The zero-order valence-electron chi connectivity index (χ0n) is 18.5. The van der Waals surface area contributed by atoms with Crippen molar-refractivity contribution in [1.82, 2.24) is 10.2 Å². The van der Waals surface area contributed by atoms with Crippen LogP contribution in [0, 0.1) is 5.92 Å². The molecular weight excluding hydrogens is 364 g/mol. The van der Waals surface area contributed by atoms with Gasteiger partial charge in [0.05, 0.1) is 0 Å². The first-order chi connectivity index (χ1) is 14.7. The normalized spacial score (nSPS) is 13.3. The Balaban J connectivity index is 1.66. The number of benzene rings is 3. The van der Waals surface area contributed by atoms with Gasteiger partial charge in [0.2, 0.25) is 0 Å². The molecule has 0 radical (unpaired) electrons. The van der Waals surface area contributed by atoms with Crippen LogP contribution in [0.25, 0.3) is 0 Å². The first-order valence-corrected chi connectivity index (χ1v) is 11.3. The Labute approximate surface area is 183 Å². The lowest BCUT2D eigenvalue weighted by molar-refractivity contribution is 0.197. The van der Waals surface area contributed by atoms with Gasteiger partial charge in [-0.2, -0.15) is 0 Å².